The highest BCUT2D eigenvalue weighted by Crippen LogP contribution is 2.15. The third-order valence-electron chi connectivity index (χ3n) is 3.30. The van der Waals surface area contributed by atoms with Crippen LogP contribution in [0.5, 0.6) is 0 Å². The first kappa shape index (κ1) is 13.1. The molecule has 0 bridgehead atoms. The van der Waals surface area contributed by atoms with Gasteiger partial charge in [0.05, 0.1) is 0 Å². The average molecular weight is 250 g/mol. The number of fused-ring (bicyclic) bond motifs is 1. The highest BCUT2D eigenvalue weighted by molar-refractivity contribution is 5.76. The molecule has 5 nitrogen and oxygen atoms in total. The lowest BCUT2D eigenvalue weighted by atomic mass is 10.1. The fraction of sp³-hybridized carbons (Fsp3) is 0.769. The van der Waals surface area contributed by atoms with Crippen molar-refractivity contribution in [2.75, 3.05) is 0 Å². The Hall–Kier alpha value is -1.39. The monoisotopic (exact) mass is 250 g/mol. The number of carbonyl (C=O) groups is 1. The fourth-order valence-electron chi connectivity index (χ4n) is 2.42. The molecule has 0 fully saturated rings. The maximum atomic E-state index is 11.8. The van der Waals surface area contributed by atoms with E-state index in [9.17, 15) is 4.79 Å². The van der Waals surface area contributed by atoms with E-state index in [4.69, 9.17) is 0 Å². The van der Waals surface area contributed by atoms with Gasteiger partial charge in [0.15, 0.2) is 0 Å². The SMILES string of the molecule is CCc1nnc2n1CC(NC(=O)CC(C)C)CC2. The molecule has 0 spiro atoms. The lowest BCUT2D eigenvalue weighted by Crippen LogP contribution is -2.41. The van der Waals surface area contributed by atoms with Crippen LogP contribution in [0.3, 0.4) is 0 Å². The topological polar surface area (TPSA) is 59.8 Å². The van der Waals surface area contributed by atoms with Crippen LogP contribution in [0.1, 0.15) is 45.3 Å². The number of aromatic nitrogens is 3. The first-order valence-corrected chi connectivity index (χ1v) is 6.80. The molecule has 1 unspecified atom stereocenters. The van der Waals surface area contributed by atoms with E-state index in [0.717, 1.165) is 37.5 Å². The van der Waals surface area contributed by atoms with Crippen LogP contribution in [0.25, 0.3) is 0 Å². The van der Waals surface area contributed by atoms with Crippen LogP contribution in [0.2, 0.25) is 0 Å². The Morgan fingerprint density at radius 1 is 1.50 bits per heavy atom. The molecule has 18 heavy (non-hydrogen) atoms. The van der Waals surface area contributed by atoms with Crippen LogP contribution >= 0.6 is 0 Å². The Morgan fingerprint density at radius 3 is 2.94 bits per heavy atom. The molecule has 0 radical (unpaired) electrons. The fourth-order valence-corrected chi connectivity index (χ4v) is 2.42. The predicted molar refractivity (Wildman–Crippen MR) is 69.1 cm³/mol. The summed E-state index contributed by atoms with van der Waals surface area (Å²) < 4.78 is 2.16. The number of nitrogens with zero attached hydrogens (tertiary/aromatic N) is 3. The van der Waals surface area contributed by atoms with Crippen LogP contribution in [0.15, 0.2) is 0 Å². The first-order chi connectivity index (χ1) is 8.60. The second-order valence-corrected chi connectivity index (χ2v) is 5.40. The summed E-state index contributed by atoms with van der Waals surface area (Å²) in [4.78, 5) is 11.8. The molecule has 1 atom stereocenters. The molecule has 5 heteroatoms. The third kappa shape index (κ3) is 2.89. The Bertz CT molecular complexity index is 411. The van der Waals surface area contributed by atoms with E-state index in [1.807, 2.05) is 0 Å². The third-order valence-corrected chi connectivity index (χ3v) is 3.30. The zero-order chi connectivity index (χ0) is 13.1. The van der Waals surface area contributed by atoms with Gasteiger partial charge in [0.1, 0.15) is 11.6 Å². The van der Waals surface area contributed by atoms with Gasteiger partial charge in [0.2, 0.25) is 5.91 Å². The van der Waals surface area contributed by atoms with Crippen molar-refractivity contribution in [3.8, 4) is 0 Å². The number of amides is 1. The number of aryl methyl sites for hydroxylation is 2. The van der Waals surface area contributed by atoms with Crippen LogP contribution < -0.4 is 5.32 Å². The van der Waals surface area contributed by atoms with Gasteiger partial charge in [-0.1, -0.05) is 20.8 Å². The Labute approximate surface area is 108 Å². The minimum Gasteiger partial charge on any atom is -0.352 e. The normalized spacial score (nSPS) is 18.8. The van der Waals surface area contributed by atoms with Crippen molar-refractivity contribution in [1.82, 2.24) is 20.1 Å². The molecule has 100 valence electrons. The molecule has 1 amide bonds. The molecule has 1 aliphatic rings. The molecule has 0 saturated carbocycles. The van der Waals surface area contributed by atoms with Crippen molar-refractivity contribution in [1.29, 1.82) is 0 Å². The molecule has 0 aliphatic carbocycles. The second-order valence-electron chi connectivity index (χ2n) is 5.40. The summed E-state index contributed by atoms with van der Waals surface area (Å²) in [7, 11) is 0. The summed E-state index contributed by atoms with van der Waals surface area (Å²) in [6.45, 7) is 7.02. The summed E-state index contributed by atoms with van der Waals surface area (Å²) in [6, 6.07) is 0.227. The van der Waals surface area contributed by atoms with Gasteiger partial charge in [-0.2, -0.15) is 0 Å². The number of nitrogens with one attached hydrogen (secondary N) is 1. The molecule has 0 saturated heterocycles. The predicted octanol–water partition coefficient (Wildman–Crippen LogP) is 1.32. The lowest BCUT2D eigenvalue weighted by molar-refractivity contribution is -0.122. The first-order valence-electron chi connectivity index (χ1n) is 6.80. The summed E-state index contributed by atoms with van der Waals surface area (Å²) in [5.74, 6) is 2.64. The van der Waals surface area contributed by atoms with Gasteiger partial charge in [-0.3, -0.25) is 4.79 Å². The molecule has 0 aromatic carbocycles. The average Bonchev–Trinajstić information content (AvgIpc) is 2.70. The largest absolute Gasteiger partial charge is 0.352 e. The Kier molecular flexibility index (Phi) is 3.99. The second kappa shape index (κ2) is 5.50. The van der Waals surface area contributed by atoms with Crippen LogP contribution in [0.4, 0.5) is 0 Å². The molecule has 1 aromatic rings. The lowest BCUT2D eigenvalue weighted by Gasteiger charge is -2.25. The van der Waals surface area contributed by atoms with E-state index in [1.165, 1.54) is 0 Å². The highest BCUT2D eigenvalue weighted by Gasteiger charge is 2.23. The molecule has 1 aromatic heterocycles. The van der Waals surface area contributed by atoms with E-state index in [1.54, 1.807) is 0 Å². The van der Waals surface area contributed by atoms with Crippen LogP contribution in [-0.4, -0.2) is 26.7 Å². The maximum Gasteiger partial charge on any atom is 0.220 e. The molecule has 1 N–H and O–H groups in total. The van der Waals surface area contributed by atoms with Gasteiger partial charge in [0, 0.05) is 31.8 Å². The van der Waals surface area contributed by atoms with Gasteiger partial charge < -0.3 is 9.88 Å². The Morgan fingerprint density at radius 2 is 2.28 bits per heavy atom. The van der Waals surface area contributed by atoms with Crippen molar-refractivity contribution >= 4 is 5.91 Å². The minimum absolute atomic E-state index is 0.157. The highest BCUT2D eigenvalue weighted by atomic mass is 16.1. The van der Waals surface area contributed by atoms with Gasteiger partial charge in [0.25, 0.3) is 0 Å². The van der Waals surface area contributed by atoms with E-state index >= 15 is 0 Å². The van der Waals surface area contributed by atoms with Gasteiger partial charge in [-0.25, -0.2) is 0 Å². The van der Waals surface area contributed by atoms with Crippen molar-refractivity contribution in [2.24, 2.45) is 5.92 Å². The summed E-state index contributed by atoms with van der Waals surface area (Å²) in [5, 5.41) is 11.5. The zero-order valence-corrected chi connectivity index (χ0v) is 11.4. The molecular weight excluding hydrogens is 228 g/mol. The van der Waals surface area contributed by atoms with Crippen LogP contribution in [-0.2, 0) is 24.2 Å². The molecular formula is C13H22N4O. The van der Waals surface area contributed by atoms with E-state index < -0.39 is 0 Å². The van der Waals surface area contributed by atoms with Gasteiger partial charge in [-0.05, 0) is 12.3 Å². The molecule has 2 rings (SSSR count). The standard InChI is InChI=1S/C13H22N4O/c1-4-11-15-16-12-6-5-10(8-17(11)12)14-13(18)7-9(2)3/h9-10H,4-8H2,1-3H3,(H,14,18). The van der Waals surface area contributed by atoms with Crippen LogP contribution in [0, 0.1) is 5.92 Å². The van der Waals surface area contributed by atoms with Crippen molar-refractivity contribution < 1.29 is 4.79 Å². The van der Waals surface area contributed by atoms with Crippen molar-refractivity contribution in [2.45, 2.75) is 59.0 Å². The minimum atomic E-state index is 0.157. The van der Waals surface area contributed by atoms with Crippen molar-refractivity contribution in [3.63, 3.8) is 0 Å². The maximum absolute atomic E-state index is 11.8. The van der Waals surface area contributed by atoms with Gasteiger partial charge >= 0.3 is 0 Å². The van der Waals surface area contributed by atoms with Crippen molar-refractivity contribution in [3.05, 3.63) is 11.6 Å². The molecule has 1 aliphatic heterocycles. The number of rotatable bonds is 4. The quantitative estimate of drug-likeness (QED) is 0.876. The zero-order valence-electron chi connectivity index (χ0n) is 11.4. The van der Waals surface area contributed by atoms with Gasteiger partial charge in [-0.15, -0.1) is 10.2 Å². The van der Waals surface area contributed by atoms with E-state index in [2.05, 4.69) is 40.9 Å². The van der Waals surface area contributed by atoms with E-state index in [0.29, 0.717) is 12.3 Å². The smallest absolute Gasteiger partial charge is 0.220 e. The Balaban J connectivity index is 1.96. The van der Waals surface area contributed by atoms with E-state index in [-0.39, 0.29) is 11.9 Å². The number of hydrogen-bond acceptors (Lipinski definition) is 3. The summed E-state index contributed by atoms with van der Waals surface area (Å²) >= 11 is 0. The summed E-state index contributed by atoms with van der Waals surface area (Å²) in [6.07, 6.45) is 3.36. The molecule has 2 heterocycles. The number of carbonyl (C=O) groups excluding carboxylic acids is 1. The number of hydrogen-bond donors (Lipinski definition) is 1. The summed E-state index contributed by atoms with van der Waals surface area (Å²) in [5.41, 5.74) is 0.